The van der Waals surface area contributed by atoms with Crippen LogP contribution >= 0.6 is 0 Å². The molecule has 1 saturated heterocycles. The maximum atomic E-state index is 13.6. The number of likely N-dealkylation sites (tertiary alicyclic amines) is 1. The number of aliphatic hydroxyl groups excluding tert-OH is 1. The highest BCUT2D eigenvalue weighted by Crippen LogP contribution is 2.24. The van der Waals surface area contributed by atoms with Gasteiger partial charge in [-0.3, -0.25) is 4.90 Å². The van der Waals surface area contributed by atoms with Gasteiger partial charge in [-0.15, -0.1) is 0 Å². The number of carbonyl (C=O) groups excluding carboxylic acids is 1. The fourth-order valence-electron chi connectivity index (χ4n) is 4.36. The molecule has 0 unspecified atom stereocenters. The molecule has 0 amide bonds. The van der Waals surface area contributed by atoms with E-state index < -0.39 is 23.7 Å². The van der Waals surface area contributed by atoms with Crippen molar-refractivity contribution in [2.24, 2.45) is 0 Å². The zero-order valence-corrected chi connectivity index (χ0v) is 19.8. The summed E-state index contributed by atoms with van der Waals surface area (Å²) in [5.74, 6) is -2.07. The van der Waals surface area contributed by atoms with E-state index in [1.54, 1.807) is 19.1 Å². The second kappa shape index (κ2) is 12.7. The van der Waals surface area contributed by atoms with Crippen molar-refractivity contribution >= 4 is 12.0 Å². The van der Waals surface area contributed by atoms with Crippen molar-refractivity contribution in [1.82, 2.24) is 4.90 Å². The van der Waals surface area contributed by atoms with Gasteiger partial charge in [-0.2, -0.15) is 0 Å². The molecule has 0 bridgehead atoms. The van der Waals surface area contributed by atoms with Crippen molar-refractivity contribution in [3.63, 3.8) is 0 Å². The number of hydrogen-bond acceptors (Lipinski definition) is 5. The van der Waals surface area contributed by atoms with E-state index in [1.165, 1.54) is 12.1 Å². The highest BCUT2D eigenvalue weighted by atomic mass is 19.2. The normalized spacial score (nSPS) is 18.3. The van der Waals surface area contributed by atoms with E-state index in [1.807, 2.05) is 31.2 Å². The third-order valence-electron chi connectivity index (χ3n) is 6.06. The lowest BCUT2D eigenvalue weighted by Crippen LogP contribution is -2.39. The topological polar surface area (TPSA) is 59.0 Å². The smallest absolute Gasteiger partial charge is 0.330 e. The largest absolute Gasteiger partial charge is 0.463 e. The van der Waals surface area contributed by atoms with E-state index in [9.17, 15) is 18.7 Å². The average Bonchev–Trinajstić information content (AvgIpc) is 3.25. The zero-order chi connectivity index (χ0) is 24.5. The minimum Gasteiger partial charge on any atom is -0.463 e. The molecule has 1 aliphatic rings. The highest BCUT2D eigenvalue weighted by Gasteiger charge is 2.27. The summed E-state index contributed by atoms with van der Waals surface area (Å²) in [6, 6.07) is 11.8. The molecule has 0 saturated carbocycles. The number of benzene rings is 2. The van der Waals surface area contributed by atoms with Gasteiger partial charge in [0.25, 0.3) is 0 Å². The monoisotopic (exact) mass is 473 g/mol. The van der Waals surface area contributed by atoms with Gasteiger partial charge in [0.1, 0.15) is 0 Å². The van der Waals surface area contributed by atoms with Crippen molar-refractivity contribution in [3.05, 3.63) is 76.9 Å². The van der Waals surface area contributed by atoms with E-state index in [2.05, 4.69) is 4.90 Å². The Morgan fingerprint density at radius 1 is 1.24 bits per heavy atom. The molecule has 5 nitrogen and oxygen atoms in total. The number of ether oxygens (including phenoxy) is 2. The molecule has 0 aromatic heterocycles. The van der Waals surface area contributed by atoms with Crippen LogP contribution in [0, 0.1) is 11.6 Å². The first-order chi connectivity index (χ1) is 16.4. The van der Waals surface area contributed by atoms with Crippen LogP contribution in [-0.4, -0.2) is 54.4 Å². The van der Waals surface area contributed by atoms with Gasteiger partial charge in [-0.25, -0.2) is 13.6 Å². The Morgan fingerprint density at radius 3 is 2.79 bits per heavy atom. The fraction of sp³-hybridized carbons (Fsp3) is 0.444. The lowest BCUT2D eigenvalue weighted by atomic mass is 10.0. The zero-order valence-electron chi connectivity index (χ0n) is 19.8. The molecule has 0 radical (unpaired) electrons. The quantitative estimate of drug-likeness (QED) is 0.379. The van der Waals surface area contributed by atoms with Gasteiger partial charge in [-0.05, 0) is 74.6 Å². The predicted octanol–water partition coefficient (Wildman–Crippen LogP) is 4.69. The first-order valence-corrected chi connectivity index (χ1v) is 11.8. The summed E-state index contributed by atoms with van der Waals surface area (Å²) in [6.45, 7) is 5.44. The van der Waals surface area contributed by atoms with Crippen LogP contribution in [0.4, 0.5) is 8.78 Å². The third kappa shape index (κ3) is 7.45. The molecular weight excluding hydrogens is 440 g/mol. The molecule has 0 spiro atoms. The molecule has 0 aliphatic carbocycles. The molecule has 1 heterocycles. The highest BCUT2D eigenvalue weighted by molar-refractivity contribution is 5.87. The molecular formula is C27H33F2NO4. The molecule has 1 aliphatic heterocycles. The van der Waals surface area contributed by atoms with E-state index >= 15 is 0 Å². The maximum absolute atomic E-state index is 13.6. The molecule has 2 aromatic carbocycles. The number of nitrogens with zero attached hydrogens (tertiary/aromatic N) is 1. The number of halogens is 2. The van der Waals surface area contributed by atoms with Crippen LogP contribution in [0.2, 0.25) is 0 Å². The van der Waals surface area contributed by atoms with Gasteiger partial charge in [0, 0.05) is 18.7 Å². The van der Waals surface area contributed by atoms with Gasteiger partial charge >= 0.3 is 5.97 Å². The molecule has 3 rings (SSSR count). The standard InChI is InChI=1S/C27H33F2NO4/c1-3-33-27(32)13-11-21-7-4-5-9-24(21)19(2)34-18-23(31)17-30-14-6-8-22(30)15-20-10-12-25(28)26(29)16-20/h4-5,7,9-13,16,19,22-23,31H,3,6,8,14-15,17-18H2,1-2H3/b13-11+/t19-,22+,23-/m1/s1. The summed E-state index contributed by atoms with van der Waals surface area (Å²) in [5, 5.41) is 10.6. The molecule has 184 valence electrons. The summed E-state index contributed by atoms with van der Waals surface area (Å²) in [4.78, 5) is 13.8. The van der Waals surface area contributed by atoms with Crippen LogP contribution in [0.25, 0.3) is 6.08 Å². The second-order valence-electron chi connectivity index (χ2n) is 8.59. The first kappa shape index (κ1) is 26.0. The minimum atomic E-state index is -0.841. The van der Waals surface area contributed by atoms with Gasteiger partial charge in [0.15, 0.2) is 11.6 Å². The molecule has 1 fully saturated rings. The van der Waals surface area contributed by atoms with Crippen LogP contribution in [0.3, 0.4) is 0 Å². The molecule has 7 heteroatoms. The van der Waals surface area contributed by atoms with Gasteiger partial charge < -0.3 is 14.6 Å². The summed E-state index contributed by atoms with van der Waals surface area (Å²) in [5.41, 5.74) is 2.51. The molecule has 2 aromatic rings. The van der Waals surface area contributed by atoms with Crippen molar-refractivity contribution in [1.29, 1.82) is 0 Å². The summed E-state index contributed by atoms with van der Waals surface area (Å²) in [7, 11) is 0. The van der Waals surface area contributed by atoms with E-state index in [0.717, 1.165) is 42.1 Å². The number of carbonyl (C=O) groups is 1. The number of rotatable bonds is 11. The van der Waals surface area contributed by atoms with Crippen LogP contribution < -0.4 is 0 Å². The number of aliphatic hydroxyl groups is 1. The maximum Gasteiger partial charge on any atom is 0.330 e. The Bertz CT molecular complexity index is 981. The molecule has 3 atom stereocenters. The van der Waals surface area contributed by atoms with Gasteiger partial charge in [-0.1, -0.05) is 30.3 Å². The SMILES string of the molecule is CCOC(=O)/C=C/c1ccccc1[C@@H](C)OC[C@H](O)CN1CCC[C@H]1Cc1ccc(F)c(F)c1. The second-order valence-corrected chi connectivity index (χ2v) is 8.59. The Balaban J connectivity index is 1.53. The van der Waals surface area contributed by atoms with Crippen molar-refractivity contribution < 1.29 is 28.2 Å². The molecule has 34 heavy (non-hydrogen) atoms. The summed E-state index contributed by atoms with van der Waals surface area (Å²) >= 11 is 0. The Hall–Kier alpha value is -2.61. The van der Waals surface area contributed by atoms with Crippen molar-refractivity contribution in [2.45, 2.75) is 51.4 Å². The van der Waals surface area contributed by atoms with Crippen LogP contribution in [0.5, 0.6) is 0 Å². The average molecular weight is 474 g/mol. The lowest BCUT2D eigenvalue weighted by molar-refractivity contribution is -0.137. The van der Waals surface area contributed by atoms with Crippen LogP contribution in [0.15, 0.2) is 48.5 Å². The minimum absolute atomic E-state index is 0.158. The van der Waals surface area contributed by atoms with Crippen LogP contribution in [-0.2, 0) is 20.7 Å². The van der Waals surface area contributed by atoms with E-state index in [0.29, 0.717) is 19.6 Å². The summed E-state index contributed by atoms with van der Waals surface area (Å²) in [6.07, 6.45) is 4.69. The third-order valence-corrected chi connectivity index (χ3v) is 6.06. The number of hydrogen-bond donors (Lipinski definition) is 1. The van der Waals surface area contributed by atoms with Crippen molar-refractivity contribution in [3.8, 4) is 0 Å². The number of β-amino-alcohol motifs (C(OH)–C–C–N with tert-alkyl or cyclic N) is 1. The predicted molar refractivity (Wildman–Crippen MR) is 127 cm³/mol. The van der Waals surface area contributed by atoms with Crippen LogP contribution in [0.1, 0.15) is 49.5 Å². The Labute approximate surface area is 200 Å². The number of esters is 1. The van der Waals surface area contributed by atoms with Gasteiger partial charge in [0.2, 0.25) is 0 Å². The Morgan fingerprint density at radius 2 is 2.03 bits per heavy atom. The summed E-state index contributed by atoms with van der Waals surface area (Å²) < 4.78 is 37.7. The van der Waals surface area contributed by atoms with E-state index in [4.69, 9.17) is 9.47 Å². The Kier molecular flexibility index (Phi) is 9.74. The fourth-order valence-corrected chi connectivity index (χ4v) is 4.36. The van der Waals surface area contributed by atoms with Crippen molar-refractivity contribution in [2.75, 3.05) is 26.3 Å². The van der Waals surface area contributed by atoms with Gasteiger partial charge in [0.05, 0.1) is 25.4 Å². The van der Waals surface area contributed by atoms with E-state index in [-0.39, 0.29) is 18.8 Å². The molecule has 1 N–H and O–H groups in total. The lowest BCUT2D eigenvalue weighted by Gasteiger charge is -2.27. The first-order valence-electron chi connectivity index (χ1n) is 11.8.